The van der Waals surface area contributed by atoms with E-state index < -0.39 is 0 Å². The molecule has 26 heavy (non-hydrogen) atoms. The molecule has 7 nitrogen and oxygen atoms in total. The minimum absolute atomic E-state index is 0.0798. The molecule has 1 aliphatic rings. The lowest BCUT2D eigenvalue weighted by atomic mass is 9.98. The number of hydrogen-bond acceptors (Lipinski definition) is 5. The highest BCUT2D eigenvalue weighted by Crippen LogP contribution is 2.22. The molecule has 1 saturated heterocycles. The molecule has 7 heteroatoms. The van der Waals surface area contributed by atoms with Gasteiger partial charge in [0.15, 0.2) is 0 Å². The van der Waals surface area contributed by atoms with E-state index in [4.69, 9.17) is 5.73 Å². The second-order valence-electron chi connectivity index (χ2n) is 6.71. The van der Waals surface area contributed by atoms with Crippen LogP contribution in [-0.2, 0) is 6.54 Å². The maximum absolute atomic E-state index is 13.0. The van der Waals surface area contributed by atoms with Gasteiger partial charge in [-0.2, -0.15) is 5.10 Å². The molecule has 0 unspecified atom stereocenters. The molecule has 1 aliphatic heterocycles. The predicted octanol–water partition coefficient (Wildman–Crippen LogP) is 2.12. The Morgan fingerprint density at radius 2 is 2.27 bits per heavy atom. The van der Waals surface area contributed by atoms with E-state index in [1.165, 1.54) is 6.42 Å². The monoisotopic (exact) mass is 356 g/mol. The van der Waals surface area contributed by atoms with Crippen molar-refractivity contribution < 1.29 is 4.79 Å². The van der Waals surface area contributed by atoms with E-state index in [2.05, 4.69) is 15.4 Å². The number of carbonyl (C=O) groups excluding carboxylic acids is 1. The number of piperidine rings is 1. The third-order valence-corrected chi connectivity index (χ3v) is 4.84. The molecule has 0 aliphatic carbocycles. The molecule has 0 aromatic carbocycles. The maximum atomic E-state index is 13.0. The van der Waals surface area contributed by atoms with Gasteiger partial charge in [0.1, 0.15) is 5.82 Å². The number of aryl methyl sites for hydroxylation is 1. The topological polar surface area (TPSA) is 89.1 Å². The first-order valence-corrected chi connectivity index (χ1v) is 9.46. The molecule has 3 N–H and O–H groups in total. The molecule has 0 bridgehead atoms. The van der Waals surface area contributed by atoms with Gasteiger partial charge in [-0.15, -0.1) is 0 Å². The second kappa shape index (κ2) is 9.33. The summed E-state index contributed by atoms with van der Waals surface area (Å²) < 4.78 is 1.93. The van der Waals surface area contributed by atoms with Gasteiger partial charge in [0, 0.05) is 44.3 Å². The molecule has 0 spiro atoms. The lowest BCUT2D eigenvalue weighted by Crippen LogP contribution is -2.44. The van der Waals surface area contributed by atoms with Gasteiger partial charge in [-0.05, 0) is 56.8 Å². The summed E-state index contributed by atoms with van der Waals surface area (Å²) in [4.78, 5) is 19.4. The third kappa shape index (κ3) is 4.82. The van der Waals surface area contributed by atoms with E-state index in [1.807, 2.05) is 34.0 Å². The molecule has 1 fully saturated rings. The van der Waals surface area contributed by atoms with Gasteiger partial charge in [-0.1, -0.05) is 0 Å². The van der Waals surface area contributed by atoms with Crippen LogP contribution in [0, 0.1) is 0 Å². The first-order valence-electron chi connectivity index (χ1n) is 9.46. The first-order chi connectivity index (χ1) is 12.8. The van der Waals surface area contributed by atoms with Crippen molar-refractivity contribution in [3.05, 3.63) is 42.4 Å². The molecule has 140 valence electrons. The average molecular weight is 356 g/mol. The average Bonchev–Trinajstić information content (AvgIpc) is 3.20. The van der Waals surface area contributed by atoms with E-state index in [9.17, 15) is 4.79 Å². The third-order valence-electron chi connectivity index (χ3n) is 4.84. The van der Waals surface area contributed by atoms with Gasteiger partial charge >= 0.3 is 0 Å². The van der Waals surface area contributed by atoms with Crippen LogP contribution in [0.15, 0.2) is 36.8 Å². The number of likely N-dealkylation sites (tertiary alicyclic amines) is 1. The number of carbonyl (C=O) groups is 1. The Balaban J connectivity index is 1.60. The number of nitrogens with zero attached hydrogens (tertiary/aromatic N) is 4. The van der Waals surface area contributed by atoms with E-state index >= 15 is 0 Å². The SMILES string of the molecule is NCCCNc1ccc(C(=O)N2CCCC[C@@H]2CCn2cccn2)cn1. The van der Waals surface area contributed by atoms with Crippen LogP contribution in [0.4, 0.5) is 5.82 Å². The summed E-state index contributed by atoms with van der Waals surface area (Å²) in [6.07, 6.45) is 10.6. The molecule has 0 radical (unpaired) electrons. The van der Waals surface area contributed by atoms with Crippen LogP contribution >= 0.6 is 0 Å². The number of pyridine rings is 1. The van der Waals surface area contributed by atoms with Crippen molar-refractivity contribution in [2.75, 3.05) is 25.0 Å². The van der Waals surface area contributed by atoms with Gasteiger partial charge < -0.3 is 16.0 Å². The highest BCUT2D eigenvalue weighted by Gasteiger charge is 2.27. The smallest absolute Gasteiger partial charge is 0.255 e. The highest BCUT2D eigenvalue weighted by molar-refractivity contribution is 5.94. The largest absolute Gasteiger partial charge is 0.370 e. The fourth-order valence-corrected chi connectivity index (χ4v) is 3.39. The highest BCUT2D eigenvalue weighted by atomic mass is 16.2. The number of nitrogens with one attached hydrogen (secondary N) is 1. The minimum Gasteiger partial charge on any atom is -0.370 e. The van der Waals surface area contributed by atoms with E-state index in [0.29, 0.717) is 12.1 Å². The summed E-state index contributed by atoms with van der Waals surface area (Å²) in [5, 5.41) is 7.47. The van der Waals surface area contributed by atoms with E-state index in [-0.39, 0.29) is 11.9 Å². The lowest BCUT2D eigenvalue weighted by Gasteiger charge is -2.36. The summed E-state index contributed by atoms with van der Waals surface area (Å²) in [5.74, 6) is 0.861. The summed E-state index contributed by atoms with van der Waals surface area (Å²) in [7, 11) is 0. The normalized spacial score (nSPS) is 17.3. The summed E-state index contributed by atoms with van der Waals surface area (Å²) >= 11 is 0. The van der Waals surface area contributed by atoms with Crippen LogP contribution in [-0.4, -0.2) is 51.2 Å². The Hall–Kier alpha value is -2.41. The molecule has 1 atom stereocenters. The Morgan fingerprint density at radius 3 is 3.00 bits per heavy atom. The van der Waals surface area contributed by atoms with Crippen molar-refractivity contribution in [1.29, 1.82) is 0 Å². The van der Waals surface area contributed by atoms with E-state index in [1.54, 1.807) is 12.4 Å². The Bertz CT molecular complexity index is 670. The van der Waals surface area contributed by atoms with Crippen LogP contribution in [0.2, 0.25) is 0 Å². The molecule has 0 saturated carbocycles. The minimum atomic E-state index is 0.0798. The van der Waals surface area contributed by atoms with Crippen molar-refractivity contribution in [3.8, 4) is 0 Å². The zero-order valence-electron chi connectivity index (χ0n) is 15.2. The Morgan fingerprint density at radius 1 is 1.35 bits per heavy atom. The number of nitrogens with two attached hydrogens (primary N) is 1. The fourth-order valence-electron chi connectivity index (χ4n) is 3.39. The van der Waals surface area contributed by atoms with Crippen LogP contribution in [0.3, 0.4) is 0 Å². The van der Waals surface area contributed by atoms with Crippen molar-refractivity contribution in [3.63, 3.8) is 0 Å². The lowest BCUT2D eigenvalue weighted by molar-refractivity contribution is 0.0593. The molecule has 3 rings (SSSR count). The maximum Gasteiger partial charge on any atom is 0.255 e. The zero-order chi connectivity index (χ0) is 18.2. The number of rotatable bonds is 8. The summed E-state index contributed by atoms with van der Waals surface area (Å²) in [5.41, 5.74) is 6.14. The summed E-state index contributed by atoms with van der Waals surface area (Å²) in [6, 6.07) is 5.92. The van der Waals surface area contributed by atoms with Gasteiger partial charge in [0.05, 0.1) is 5.56 Å². The van der Waals surface area contributed by atoms with Crippen LogP contribution < -0.4 is 11.1 Å². The second-order valence-corrected chi connectivity index (χ2v) is 6.71. The number of anilines is 1. The molecular formula is C19H28N6O. The number of hydrogen-bond donors (Lipinski definition) is 2. The molecular weight excluding hydrogens is 328 g/mol. The van der Waals surface area contributed by atoms with Gasteiger partial charge in [-0.25, -0.2) is 4.98 Å². The van der Waals surface area contributed by atoms with Crippen molar-refractivity contribution in [1.82, 2.24) is 19.7 Å². The molecule has 3 heterocycles. The summed E-state index contributed by atoms with van der Waals surface area (Å²) in [6.45, 7) is 3.10. The predicted molar refractivity (Wildman–Crippen MR) is 102 cm³/mol. The van der Waals surface area contributed by atoms with Gasteiger partial charge in [0.25, 0.3) is 5.91 Å². The zero-order valence-corrected chi connectivity index (χ0v) is 15.2. The quantitative estimate of drug-likeness (QED) is 0.707. The molecule has 2 aromatic heterocycles. The van der Waals surface area contributed by atoms with Gasteiger partial charge in [0.2, 0.25) is 0 Å². The van der Waals surface area contributed by atoms with Gasteiger partial charge in [-0.3, -0.25) is 9.48 Å². The van der Waals surface area contributed by atoms with Crippen molar-refractivity contribution in [2.24, 2.45) is 5.73 Å². The van der Waals surface area contributed by atoms with Crippen molar-refractivity contribution in [2.45, 2.75) is 44.7 Å². The fraction of sp³-hybridized carbons (Fsp3) is 0.526. The molecule has 2 aromatic rings. The van der Waals surface area contributed by atoms with Crippen LogP contribution in [0.25, 0.3) is 0 Å². The Labute approximate surface area is 154 Å². The number of aromatic nitrogens is 3. The van der Waals surface area contributed by atoms with E-state index in [0.717, 1.165) is 51.1 Å². The molecule has 1 amide bonds. The van der Waals surface area contributed by atoms with Crippen molar-refractivity contribution >= 4 is 11.7 Å². The number of amides is 1. The first kappa shape index (κ1) is 18.4. The van der Waals surface area contributed by atoms with Crippen LogP contribution in [0.5, 0.6) is 0 Å². The van der Waals surface area contributed by atoms with Crippen LogP contribution in [0.1, 0.15) is 42.5 Å². The standard InChI is InChI=1S/C19H28N6O/c20-9-3-10-21-18-7-6-16(15-22-18)19(26)25-13-2-1-5-17(25)8-14-24-12-4-11-23-24/h4,6-7,11-12,15,17H,1-3,5,8-10,13-14,20H2,(H,21,22)/t17-/m1/s1. The Kier molecular flexibility index (Phi) is 6.60.